The minimum atomic E-state index is -1.39. The van der Waals surface area contributed by atoms with Crippen LogP contribution in [-0.2, 0) is 4.74 Å². The van der Waals surface area contributed by atoms with E-state index in [-0.39, 0.29) is 11.6 Å². The first-order chi connectivity index (χ1) is 9.45. The Kier molecular flexibility index (Phi) is 3.93. The zero-order chi connectivity index (χ0) is 14.9. The van der Waals surface area contributed by atoms with Crippen LogP contribution in [0.5, 0.6) is 0 Å². The van der Waals surface area contributed by atoms with E-state index in [1.54, 1.807) is 7.05 Å². The van der Waals surface area contributed by atoms with Crippen LogP contribution in [-0.4, -0.2) is 50.2 Å². The maximum atomic E-state index is 11.7. The van der Waals surface area contributed by atoms with Gasteiger partial charge in [-0.15, -0.1) is 0 Å². The lowest BCUT2D eigenvalue weighted by Gasteiger charge is -2.16. The molecule has 1 aliphatic rings. The van der Waals surface area contributed by atoms with E-state index in [4.69, 9.17) is 10.5 Å². The molecule has 0 unspecified atom stereocenters. The van der Waals surface area contributed by atoms with Gasteiger partial charge in [0.2, 0.25) is 0 Å². The van der Waals surface area contributed by atoms with Gasteiger partial charge >= 0.3 is 5.69 Å². The number of aliphatic hydroxyl groups excluding tert-OH is 3. The third kappa shape index (κ3) is 2.46. The van der Waals surface area contributed by atoms with E-state index < -0.39 is 30.2 Å². The highest BCUT2D eigenvalue weighted by atomic mass is 16.6. The summed E-state index contributed by atoms with van der Waals surface area (Å²) in [5.74, 6) is -0.258. The van der Waals surface area contributed by atoms with Crippen LogP contribution in [0.4, 0.5) is 5.82 Å². The number of aliphatic hydroxyl groups is 3. The molecule has 110 valence electrons. The van der Waals surface area contributed by atoms with Gasteiger partial charge in [0, 0.05) is 19.4 Å². The average molecular weight is 284 g/mol. The summed E-state index contributed by atoms with van der Waals surface area (Å²) in [6.45, 7) is 0. The van der Waals surface area contributed by atoms with E-state index in [9.17, 15) is 20.1 Å². The molecule has 0 bridgehead atoms. The second kappa shape index (κ2) is 5.49. The van der Waals surface area contributed by atoms with Crippen molar-refractivity contribution in [3.8, 4) is 0 Å². The Hall–Kier alpha value is -2.10. The Labute approximate surface area is 113 Å². The number of nitrogens with one attached hydrogen (secondary N) is 1. The van der Waals surface area contributed by atoms with Crippen molar-refractivity contribution in [2.24, 2.45) is 0 Å². The highest BCUT2D eigenvalue weighted by Crippen LogP contribution is 2.31. The molecule has 1 aromatic rings. The number of nitrogen functional groups attached to an aromatic ring is 1. The quantitative estimate of drug-likeness (QED) is 0.403. The number of hydrogen-bond acceptors (Lipinski definition) is 8. The van der Waals surface area contributed by atoms with Gasteiger partial charge in [0.1, 0.15) is 29.9 Å². The predicted octanol–water partition coefficient (Wildman–Crippen LogP) is -1.94. The Morgan fingerprint density at radius 2 is 2.25 bits per heavy atom. The number of anilines is 1. The van der Waals surface area contributed by atoms with Gasteiger partial charge in [-0.1, -0.05) is 0 Å². The summed E-state index contributed by atoms with van der Waals surface area (Å²) in [5, 5.41) is 32.1. The van der Waals surface area contributed by atoms with Gasteiger partial charge in [-0.05, 0) is 6.07 Å². The third-order valence-corrected chi connectivity index (χ3v) is 2.95. The molecule has 1 fully saturated rings. The molecule has 1 saturated heterocycles. The zero-order valence-corrected chi connectivity index (χ0v) is 10.7. The summed E-state index contributed by atoms with van der Waals surface area (Å²) in [6.07, 6.45) is -2.57. The van der Waals surface area contributed by atoms with Crippen LogP contribution in [0, 0.1) is 0 Å². The van der Waals surface area contributed by atoms with Crippen molar-refractivity contribution < 1.29 is 20.1 Å². The Bertz CT molecular complexity index is 572. The van der Waals surface area contributed by atoms with Gasteiger partial charge in [-0.2, -0.15) is 4.98 Å². The monoisotopic (exact) mass is 284 g/mol. The average Bonchev–Trinajstić information content (AvgIpc) is 2.67. The van der Waals surface area contributed by atoms with Crippen molar-refractivity contribution in [3.63, 3.8) is 0 Å². The zero-order valence-electron chi connectivity index (χ0n) is 10.7. The van der Waals surface area contributed by atoms with Crippen molar-refractivity contribution in [1.82, 2.24) is 14.9 Å². The second-order valence-electron chi connectivity index (χ2n) is 4.33. The minimum Gasteiger partial charge on any atom is -0.508 e. The van der Waals surface area contributed by atoms with Crippen LogP contribution in [0.15, 0.2) is 29.0 Å². The van der Waals surface area contributed by atoms with Crippen molar-refractivity contribution in [2.75, 3.05) is 12.8 Å². The first-order valence-corrected chi connectivity index (χ1v) is 5.88. The van der Waals surface area contributed by atoms with Crippen LogP contribution in [0.25, 0.3) is 0 Å². The van der Waals surface area contributed by atoms with Crippen molar-refractivity contribution in [1.29, 1.82) is 0 Å². The molecule has 1 aromatic heterocycles. The SMILES string of the molecule is CNC=C(O)[C@H]1O[C@@H](n2ccc(N)nc2=O)[C@H](O)[C@@H]1O. The predicted molar refractivity (Wildman–Crippen MR) is 68.6 cm³/mol. The van der Waals surface area contributed by atoms with Crippen LogP contribution in [0.2, 0.25) is 0 Å². The van der Waals surface area contributed by atoms with E-state index in [0.29, 0.717) is 0 Å². The fraction of sp³-hybridized carbons (Fsp3) is 0.455. The van der Waals surface area contributed by atoms with E-state index in [0.717, 1.165) is 4.57 Å². The lowest BCUT2D eigenvalue weighted by Crippen LogP contribution is -2.35. The summed E-state index contributed by atoms with van der Waals surface area (Å²) in [4.78, 5) is 15.2. The molecular weight excluding hydrogens is 268 g/mol. The fourth-order valence-electron chi connectivity index (χ4n) is 1.98. The molecule has 20 heavy (non-hydrogen) atoms. The summed E-state index contributed by atoms with van der Waals surface area (Å²) in [5.41, 5.74) is 4.65. The molecule has 0 aliphatic carbocycles. The molecule has 0 spiro atoms. The Morgan fingerprint density at radius 3 is 2.85 bits per heavy atom. The minimum absolute atomic E-state index is 0.0359. The molecular formula is C11H16N4O5. The first kappa shape index (κ1) is 14.3. The summed E-state index contributed by atoms with van der Waals surface area (Å²) in [6, 6.07) is 1.36. The molecule has 1 aliphatic heterocycles. The van der Waals surface area contributed by atoms with Crippen molar-refractivity contribution in [2.45, 2.75) is 24.5 Å². The Morgan fingerprint density at radius 1 is 1.55 bits per heavy atom. The Balaban J connectivity index is 2.31. The van der Waals surface area contributed by atoms with Gasteiger partial charge < -0.3 is 31.1 Å². The summed E-state index contributed by atoms with van der Waals surface area (Å²) >= 11 is 0. The third-order valence-electron chi connectivity index (χ3n) is 2.95. The highest BCUT2D eigenvalue weighted by Gasteiger charge is 2.46. The molecule has 6 N–H and O–H groups in total. The van der Waals surface area contributed by atoms with Crippen LogP contribution < -0.4 is 16.7 Å². The number of nitrogens with two attached hydrogens (primary N) is 1. The molecule has 2 heterocycles. The molecule has 4 atom stereocenters. The van der Waals surface area contributed by atoms with Gasteiger partial charge in [-0.25, -0.2) is 4.79 Å². The lowest BCUT2D eigenvalue weighted by molar-refractivity contribution is -0.0390. The molecule has 0 amide bonds. The number of aromatic nitrogens is 2. The molecule has 9 nitrogen and oxygen atoms in total. The number of hydrogen-bond donors (Lipinski definition) is 5. The molecule has 0 saturated carbocycles. The van der Waals surface area contributed by atoms with Crippen molar-refractivity contribution >= 4 is 5.82 Å². The summed E-state index contributed by atoms with van der Waals surface area (Å²) < 4.78 is 6.33. The van der Waals surface area contributed by atoms with E-state index >= 15 is 0 Å². The maximum absolute atomic E-state index is 11.7. The van der Waals surface area contributed by atoms with E-state index in [2.05, 4.69) is 10.3 Å². The molecule has 9 heteroatoms. The van der Waals surface area contributed by atoms with E-state index in [1.165, 1.54) is 18.5 Å². The number of nitrogens with zero attached hydrogens (tertiary/aromatic N) is 2. The fourth-order valence-corrected chi connectivity index (χ4v) is 1.98. The molecule has 0 aromatic carbocycles. The smallest absolute Gasteiger partial charge is 0.351 e. The van der Waals surface area contributed by atoms with Crippen LogP contribution >= 0.6 is 0 Å². The van der Waals surface area contributed by atoms with Gasteiger partial charge in [0.15, 0.2) is 6.23 Å². The van der Waals surface area contributed by atoms with E-state index in [1.807, 2.05) is 0 Å². The number of rotatable bonds is 3. The van der Waals surface area contributed by atoms with Crippen molar-refractivity contribution in [3.05, 3.63) is 34.7 Å². The first-order valence-electron chi connectivity index (χ1n) is 5.88. The van der Waals surface area contributed by atoms with Crippen LogP contribution in [0.1, 0.15) is 6.23 Å². The van der Waals surface area contributed by atoms with Gasteiger partial charge in [0.05, 0.1) is 0 Å². The van der Waals surface area contributed by atoms with Crippen LogP contribution in [0.3, 0.4) is 0 Å². The van der Waals surface area contributed by atoms with Gasteiger partial charge in [0.25, 0.3) is 0 Å². The highest BCUT2D eigenvalue weighted by molar-refractivity contribution is 5.23. The second-order valence-corrected chi connectivity index (χ2v) is 4.33. The number of ether oxygens (including phenoxy) is 1. The van der Waals surface area contributed by atoms with Gasteiger partial charge in [-0.3, -0.25) is 4.57 Å². The largest absolute Gasteiger partial charge is 0.508 e. The lowest BCUT2D eigenvalue weighted by atomic mass is 10.1. The molecule has 2 rings (SSSR count). The maximum Gasteiger partial charge on any atom is 0.351 e. The summed E-state index contributed by atoms with van der Waals surface area (Å²) in [7, 11) is 1.56. The topological polar surface area (TPSA) is 143 Å². The normalized spacial score (nSPS) is 30.4. The molecule has 0 radical (unpaired) electrons. The standard InChI is InChI=1S/C11H16N4O5/c1-13-4-5(16)9-7(17)8(18)10(20-9)15-3-2-6(12)14-11(15)19/h2-4,7-10,13,16-18H,1H3,(H2,12,14,19)/t7-,8+,9+,10+/m0/s1.